The van der Waals surface area contributed by atoms with Gasteiger partial charge in [-0.2, -0.15) is 0 Å². The molecule has 2 heterocycles. The molecule has 0 bridgehead atoms. The molecule has 4 heteroatoms. The fourth-order valence-electron chi connectivity index (χ4n) is 2.65. The van der Waals surface area contributed by atoms with E-state index >= 15 is 0 Å². The monoisotopic (exact) mass is 293 g/mol. The molecule has 1 aromatic heterocycles. The van der Waals surface area contributed by atoms with E-state index < -0.39 is 0 Å². The Labute approximate surface area is 109 Å². The molecule has 0 saturated carbocycles. The number of aromatic nitrogens is 2. The molecule has 0 spiro atoms. The number of imidazole rings is 1. The van der Waals surface area contributed by atoms with E-state index in [2.05, 4.69) is 45.3 Å². The van der Waals surface area contributed by atoms with Crippen LogP contribution in [-0.2, 0) is 5.41 Å². The molecule has 17 heavy (non-hydrogen) atoms. The lowest BCUT2D eigenvalue weighted by molar-refractivity contribution is 0.431. The zero-order valence-electron chi connectivity index (χ0n) is 9.89. The number of benzene rings is 1. The van der Waals surface area contributed by atoms with Crippen LogP contribution in [-0.4, -0.2) is 23.1 Å². The van der Waals surface area contributed by atoms with Crippen LogP contribution >= 0.6 is 15.9 Å². The van der Waals surface area contributed by atoms with E-state index in [1.165, 1.54) is 6.42 Å². The van der Waals surface area contributed by atoms with Crippen LogP contribution in [0.2, 0.25) is 0 Å². The highest BCUT2D eigenvalue weighted by molar-refractivity contribution is 9.10. The minimum absolute atomic E-state index is 0.200. The zero-order valence-corrected chi connectivity index (χ0v) is 11.5. The third-order valence-electron chi connectivity index (χ3n) is 3.87. The summed E-state index contributed by atoms with van der Waals surface area (Å²) in [6, 6.07) is 6.20. The normalized spacial score (nSPS) is 24.6. The maximum absolute atomic E-state index is 4.76. The van der Waals surface area contributed by atoms with Gasteiger partial charge in [0.15, 0.2) is 0 Å². The van der Waals surface area contributed by atoms with Gasteiger partial charge in [0, 0.05) is 16.4 Å². The molecule has 1 unspecified atom stereocenters. The van der Waals surface area contributed by atoms with Gasteiger partial charge in [0.05, 0.1) is 11.0 Å². The molecular formula is C13H16BrN3. The molecule has 0 radical (unpaired) electrons. The Morgan fingerprint density at radius 3 is 3.06 bits per heavy atom. The first-order valence-electron chi connectivity index (χ1n) is 6.10. The summed E-state index contributed by atoms with van der Waals surface area (Å²) in [6.45, 7) is 4.37. The van der Waals surface area contributed by atoms with E-state index in [0.29, 0.717) is 0 Å². The highest BCUT2D eigenvalue weighted by Gasteiger charge is 2.36. The van der Waals surface area contributed by atoms with Crippen LogP contribution < -0.4 is 5.32 Å². The lowest BCUT2D eigenvalue weighted by atomic mass is 9.83. The molecule has 1 aromatic carbocycles. The Morgan fingerprint density at radius 2 is 2.35 bits per heavy atom. The molecule has 1 atom stereocenters. The topological polar surface area (TPSA) is 40.7 Å². The van der Waals surface area contributed by atoms with E-state index in [-0.39, 0.29) is 5.41 Å². The third kappa shape index (κ3) is 1.79. The predicted octanol–water partition coefficient (Wildman–Crippen LogP) is 2.97. The van der Waals surface area contributed by atoms with Crippen LogP contribution in [0.15, 0.2) is 22.7 Å². The standard InChI is InChI=1S/C13H16BrN3/c1-2-13(5-6-15-8-13)12-16-10-4-3-9(14)7-11(10)17-12/h3-4,7,15H,2,5-6,8H2,1H3,(H,16,17). The van der Waals surface area contributed by atoms with Crippen LogP contribution in [0.3, 0.4) is 0 Å². The molecule has 2 N–H and O–H groups in total. The number of fused-ring (bicyclic) bond motifs is 1. The van der Waals surface area contributed by atoms with Gasteiger partial charge in [0.25, 0.3) is 0 Å². The summed E-state index contributed by atoms with van der Waals surface area (Å²) in [4.78, 5) is 8.25. The second-order valence-corrected chi connectivity index (χ2v) is 5.72. The average molecular weight is 294 g/mol. The largest absolute Gasteiger partial charge is 0.341 e. The quantitative estimate of drug-likeness (QED) is 0.894. The Morgan fingerprint density at radius 1 is 1.47 bits per heavy atom. The molecule has 90 valence electrons. The summed E-state index contributed by atoms with van der Waals surface area (Å²) in [5, 5.41) is 3.45. The summed E-state index contributed by atoms with van der Waals surface area (Å²) in [5.74, 6) is 1.14. The van der Waals surface area contributed by atoms with E-state index in [1.54, 1.807) is 0 Å². The van der Waals surface area contributed by atoms with Crippen molar-refractivity contribution in [2.24, 2.45) is 0 Å². The van der Waals surface area contributed by atoms with Crippen molar-refractivity contribution >= 4 is 27.0 Å². The highest BCUT2D eigenvalue weighted by Crippen LogP contribution is 2.33. The first-order valence-corrected chi connectivity index (χ1v) is 6.89. The number of hydrogen-bond acceptors (Lipinski definition) is 2. The van der Waals surface area contributed by atoms with E-state index in [1.807, 2.05) is 6.07 Å². The summed E-state index contributed by atoms with van der Waals surface area (Å²) >= 11 is 3.50. The van der Waals surface area contributed by atoms with Crippen molar-refractivity contribution in [3.63, 3.8) is 0 Å². The summed E-state index contributed by atoms with van der Waals surface area (Å²) < 4.78 is 1.09. The molecule has 3 nitrogen and oxygen atoms in total. The van der Waals surface area contributed by atoms with Crippen molar-refractivity contribution in [1.29, 1.82) is 0 Å². The fraction of sp³-hybridized carbons (Fsp3) is 0.462. The van der Waals surface area contributed by atoms with E-state index in [9.17, 15) is 0 Å². The number of aromatic amines is 1. The smallest absolute Gasteiger partial charge is 0.114 e. The molecule has 1 fully saturated rings. The second-order valence-electron chi connectivity index (χ2n) is 4.81. The van der Waals surface area contributed by atoms with Gasteiger partial charge in [-0.1, -0.05) is 22.9 Å². The van der Waals surface area contributed by atoms with Crippen LogP contribution in [0.5, 0.6) is 0 Å². The van der Waals surface area contributed by atoms with Gasteiger partial charge in [0.2, 0.25) is 0 Å². The van der Waals surface area contributed by atoms with Gasteiger partial charge in [-0.05, 0) is 37.6 Å². The number of nitrogens with zero attached hydrogens (tertiary/aromatic N) is 1. The van der Waals surface area contributed by atoms with Gasteiger partial charge in [0.1, 0.15) is 5.82 Å². The molecule has 2 aromatic rings. The van der Waals surface area contributed by atoms with Gasteiger partial charge in [-0.25, -0.2) is 4.98 Å². The molecule has 0 amide bonds. The third-order valence-corrected chi connectivity index (χ3v) is 4.36. The Balaban J connectivity index is 2.11. The summed E-state index contributed by atoms with van der Waals surface area (Å²) in [5.41, 5.74) is 2.38. The van der Waals surface area contributed by atoms with Crippen LogP contribution in [0, 0.1) is 0 Å². The van der Waals surface area contributed by atoms with Crippen molar-refractivity contribution < 1.29 is 0 Å². The zero-order chi connectivity index (χ0) is 11.9. The van der Waals surface area contributed by atoms with Gasteiger partial charge >= 0.3 is 0 Å². The molecule has 1 aliphatic rings. The van der Waals surface area contributed by atoms with Crippen LogP contribution in [0.1, 0.15) is 25.6 Å². The average Bonchev–Trinajstić information content (AvgIpc) is 2.94. The molecule has 3 rings (SSSR count). The maximum Gasteiger partial charge on any atom is 0.114 e. The fourth-order valence-corrected chi connectivity index (χ4v) is 3.01. The van der Waals surface area contributed by atoms with Crippen LogP contribution in [0.25, 0.3) is 11.0 Å². The van der Waals surface area contributed by atoms with Crippen LogP contribution in [0.4, 0.5) is 0 Å². The van der Waals surface area contributed by atoms with Gasteiger partial charge in [-0.3, -0.25) is 0 Å². The molecular weight excluding hydrogens is 278 g/mol. The Bertz CT molecular complexity index is 541. The lowest BCUT2D eigenvalue weighted by Gasteiger charge is -2.23. The Kier molecular flexibility index (Phi) is 2.71. The lowest BCUT2D eigenvalue weighted by Crippen LogP contribution is -2.29. The van der Waals surface area contributed by atoms with E-state index in [4.69, 9.17) is 4.98 Å². The van der Waals surface area contributed by atoms with Crippen molar-refractivity contribution in [3.8, 4) is 0 Å². The van der Waals surface area contributed by atoms with E-state index in [0.717, 1.165) is 40.8 Å². The minimum Gasteiger partial charge on any atom is -0.341 e. The molecule has 1 saturated heterocycles. The second kappa shape index (κ2) is 4.10. The SMILES string of the molecule is CCC1(c2nc3ccc(Br)cc3[nH]2)CCNC1. The highest BCUT2D eigenvalue weighted by atomic mass is 79.9. The number of nitrogens with one attached hydrogen (secondary N) is 2. The van der Waals surface area contributed by atoms with Gasteiger partial charge < -0.3 is 10.3 Å². The summed E-state index contributed by atoms with van der Waals surface area (Å²) in [7, 11) is 0. The van der Waals surface area contributed by atoms with Gasteiger partial charge in [-0.15, -0.1) is 0 Å². The number of rotatable bonds is 2. The number of hydrogen-bond donors (Lipinski definition) is 2. The minimum atomic E-state index is 0.200. The first-order chi connectivity index (χ1) is 8.23. The number of H-pyrrole nitrogens is 1. The first kappa shape index (κ1) is 11.2. The number of halogens is 1. The predicted molar refractivity (Wildman–Crippen MR) is 73.2 cm³/mol. The Hall–Kier alpha value is -0.870. The molecule has 0 aliphatic carbocycles. The molecule has 1 aliphatic heterocycles. The van der Waals surface area contributed by atoms with Crippen molar-refractivity contribution in [2.45, 2.75) is 25.2 Å². The van der Waals surface area contributed by atoms with Crippen molar-refractivity contribution in [2.75, 3.05) is 13.1 Å². The maximum atomic E-state index is 4.76. The summed E-state index contributed by atoms with van der Waals surface area (Å²) in [6.07, 6.45) is 2.30. The van der Waals surface area contributed by atoms with Crippen molar-refractivity contribution in [3.05, 3.63) is 28.5 Å². The van der Waals surface area contributed by atoms with Crippen molar-refractivity contribution in [1.82, 2.24) is 15.3 Å².